The minimum Gasteiger partial charge on any atom is -0.274 e. The number of hydrogen-bond acceptors (Lipinski definition) is 3. The maximum absolute atomic E-state index is 10.9. The van der Waals surface area contributed by atoms with Gasteiger partial charge in [-0.2, -0.15) is 5.26 Å². The number of carbonyl (C=O) groups excluding carboxylic acids is 1. The highest BCUT2D eigenvalue weighted by atomic mass is 16.7. The molecule has 0 unspecified atom stereocenters. The van der Waals surface area contributed by atoms with Crippen molar-refractivity contribution in [1.29, 1.82) is 5.26 Å². The van der Waals surface area contributed by atoms with Crippen LogP contribution in [-0.2, 0) is 9.63 Å². The Bertz CT molecular complexity index is 189. The van der Waals surface area contributed by atoms with Gasteiger partial charge in [0.25, 0.3) is 5.91 Å². The molecule has 0 aliphatic carbocycles. The van der Waals surface area contributed by atoms with Crippen LogP contribution in [0.5, 0.6) is 0 Å². The Kier molecular flexibility index (Phi) is 4.78. The highest BCUT2D eigenvalue weighted by Crippen LogP contribution is 1.89. The van der Waals surface area contributed by atoms with Crippen molar-refractivity contribution in [1.82, 2.24) is 5.06 Å². The number of hydroxylamine groups is 2. The van der Waals surface area contributed by atoms with Crippen LogP contribution in [0.1, 0.15) is 6.92 Å². The second-order valence-corrected chi connectivity index (χ2v) is 1.68. The van der Waals surface area contributed by atoms with Crippen molar-refractivity contribution in [3.63, 3.8) is 0 Å². The van der Waals surface area contributed by atoms with Gasteiger partial charge in [0.15, 0.2) is 0 Å². The monoisotopic (exact) mass is 154 g/mol. The topological polar surface area (TPSA) is 53.3 Å². The van der Waals surface area contributed by atoms with Gasteiger partial charge < -0.3 is 0 Å². The first-order chi connectivity index (χ1) is 5.26. The van der Waals surface area contributed by atoms with Crippen LogP contribution in [0.15, 0.2) is 12.2 Å². The average Bonchev–Trinajstić information content (AvgIpc) is 2.03. The molecule has 0 N–H and O–H groups in total. The van der Waals surface area contributed by atoms with Crippen LogP contribution in [0.2, 0.25) is 0 Å². The zero-order chi connectivity index (χ0) is 8.69. The van der Waals surface area contributed by atoms with E-state index in [-0.39, 0.29) is 5.91 Å². The minimum atomic E-state index is -0.323. The van der Waals surface area contributed by atoms with E-state index >= 15 is 0 Å². The predicted octanol–water partition coefficient (Wildman–Crippen LogP) is 0.476. The van der Waals surface area contributed by atoms with E-state index in [0.29, 0.717) is 6.54 Å². The Morgan fingerprint density at radius 2 is 2.45 bits per heavy atom. The molecule has 0 rings (SSSR count). The van der Waals surface area contributed by atoms with Crippen LogP contribution >= 0.6 is 0 Å². The second-order valence-electron chi connectivity index (χ2n) is 1.68. The van der Waals surface area contributed by atoms with Gasteiger partial charge in [-0.25, -0.2) is 5.06 Å². The number of nitrogens with zero attached hydrogens (tertiary/aromatic N) is 2. The predicted molar refractivity (Wildman–Crippen MR) is 39.1 cm³/mol. The molecule has 4 heteroatoms. The molecule has 11 heavy (non-hydrogen) atoms. The maximum Gasteiger partial charge on any atom is 0.270 e. The summed E-state index contributed by atoms with van der Waals surface area (Å²) < 4.78 is 0. The molecular weight excluding hydrogens is 144 g/mol. The van der Waals surface area contributed by atoms with Crippen molar-refractivity contribution < 1.29 is 9.63 Å². The van der Waals surface area contributed by atoms with Gasteiger partial charge in [0.2, 0.25) is 0 Å². The fraction of sp³-hybridized carbons (Fsp3) is 0.429. The smallest absolute Gasteiger partial charge is 0.270 e. The van der Waals surface area contributed by atoms with Gasteiger partial charge in [-0.3, -0.25) is 9.63 Å². The van der Waals surface area contributed by atoms with Crippen molar-refractivity contribution in [2.24, 2.45) is 0 Å². The largest absolute Gasteiger partial charge is 0.274 e. The normalized spacial score (nSPS) is 9.55. The second kappa shape index (κ2) is 5.45. The van der Waals surface area contributed by atoms with Gasteiger partial charge in [-0.15, -0.1) is 0 Å². The van der Waals surface area contributed by atoms with Crippen molar-refractivity contribution in [2.45, 2.75) is 6.92 Å². The Morgan fingerprint density at radius 1 is 1.82 bits per heavy atom. The lowest BCUT2D eigenvalue weighted by Gasteiger charge is -2.14. The molecule has 0 aromatic carbocycles. The summed E-state index contributed by atoms with van der Waals surface area (Å²) in [6, 6.07) is 1.72. The fourth-order valence-corrected chi connectivity index (χ4v) is 0.567. The molecule has 0 fully saturated rings. The van der Waals surface area contributed by atoms with Crippen molar-refractivity contribution in [3.05, 3.63) is 12.2 Å². The Morgan fingerprint density at radius 3 is 2.82 bits per heavy atom. The molecule has 0 aliphatic rings. The molecule has 0 bridgehead atoms. The molecule has 0 saturated heterocycles. The molecule has 0 saturated carbocycles. The zero-order valence-corrected chi connectivity index (χ0v) is 6.57. The van der Waals surface area contributed by atoms with Crippen LogP contribution in [0.25, 0.3) is 0 Å². The molecule has 0 aliphatic heterocycles. The van der Waals surface area contributed by atoms with Crippen LogP contribution < -0.4 is 0 Å². The van der Waals surface area contributed by atoms with Crippen molar-refractivity contribution >= 4 is 5.91 Å². The standard InChI is InChI=1S/C7H10N2O2/c1-3-9(11-2)7(10)5-4-6-8/h4-5H,3H2,1-2H3/b5-4+. The van der Waals surface area contributed by atoms with E-state index in [4.69, 9.17) is 5.26 Å². The third-order valence-electron chi connectivity index (χ3n) is 1.05. The zero-order valence-electron chi connectivity index (χ0n) is 6.57. The third kappa shape index (κ3) is 3.38. The lowest BCUT2D eigenvalue weighted by molar-refractivity contribution is -0.168. The van der Waals surface area contributed by atoms with Crippen molar-refractivity contribution in [2.75, 3.05) is 13.7 Å². The van der Waals surface area contributed by atoms with Gasteiger partial charge in [0.05, 0.1) is 13.2 Å². The molecule has 4 nitrogen and oxygen atoms in total. The first-order valence-electron chi connectivity index (χ1n) is 3.18. The van der Waals surface area contributed by atoms with E-state index in [0.717, 1.165) is 17.2 Å². The molecule has 0 aromatic heterocycles. The van der Waals surface area contributed by atoms with Gasteiger partial charge in [0, 0.05) is 18.7 Å². The molecule has 0 heterocycles. The van der Waals surface area contributed by atoms with E-state index in [2.05, 4.69) is 4.84 Å². The molecule has 0 spiro atoms. The van der Waals surface area contributed by atoms with E-state index < -0.39 is 0 Å². The van der Waals surface area contributed by atoms with Gasteiger partial charge in [0.1, 0.15) is 0 Å². The quantitative estimate of drug-likeness (QED) is 0.337. The number of likely N-dealkylation sites (N-methyl/N-ethyl adjacent to an activating group) is 1. The molecule has 0 atom stereocenters. The minimum absolute atomic E-state index is 0.323. The van der Waals surface area contributed by atoms with Gasteiger partial charge in [-0.05, 0) is 6.92 Å². The number of rotatable bonds is 3. The molecular formula is C7H10N2O2. The summed E-state index contributed by atoms with van der Waals surface area (Å²) in [4.78, 5) is 15.6. The van der Waals surface area contributed by atoms with Gasteiger partial charge in [-0.1, -0.05) is 0 Å². The Hall–Kier alpha value is -1.34. The summed E-state index contributed by atoms with van der Waals surface area (Å²) in [5.41, 5.74) is 0. The molecule has 1 amide bonds. The first-order valence-corrected chi connectivity index (χ1v) is 3.18. The third-order valence-corrected chi connectivity index (χ3v) is 1.05. The average molecular weight is 154 g/mol. The van der Waals surface area contributed by atoms with E-state index in [1.165, 1.54) is 7.11 Å². The summed E-state index contributed by atoms with van der Waals surface area (Å²) in [6.45, 7) is 2.24. The Labute approximate surface area is 65.6 Å². The number of nitriles is 1. The summed E-state index contributed by atoms with van der Waals surface area (Å²) in [5, 5.41) is 9.24. The lowest BCUT2D eigenvalue weighted by atomic mass is 10.5. The van der Waals surface area contributed by atoms with E-state index in [1.54, 1.807) is 13.0 Å². The summed E-state index contributed by atoms with van der Waals surface area (Å²) >= 11 is 0. The molecule has 0 radical (unpaired) electrons. The van der Waals surface area contributed by atoms with E-state index in [1.807, 2.05) is 0 Å². The van der Waals surface area contributed by atoms with E-state index in [9.17, 15) is 4.79 Å². The van der Waals surface area contributed by atoms with Crippen LogP contribution in [0, 0.1) is 11.3 Å². The maximum atomic E-state index is 10.9. The summed E-state index contributed by atoms with van der Waals surface area (Å²) in [5.74, 6) is -0.323. The summed E-state index contributed by atoms with van der Waals surface area (Å²) in [7, 11) is 1.40. The number of carbonyl (C=O) groups is 1. The van der Waals surface area contributed by atoms with Crippen LogP contribution in [0.4, 0.5) is 0 Å². The van der Waals surface area contributed by atoms with Gasteiger partial charge >= 0.3 is 0 Å². The SMILES string of the molecule is CCN(OC)C(=O)/C=C/C#N. The fourth-order valence-electron chi connectivity index (χ4n) is 0.567. The Balaban J connectivity index is 4.02. The van der Waals surface area contributed by atoms with Crippen molar-refractivity contribution in [3.8, 4) is 6.07 Å². The first kappa shape index (κ1) is 9.66. The van der Waals surface area contributed by atoms with Crippen LogP contribution in [-0.4, -0.2) is 24.6 Å². The van der Waals surface area contributed by atoms with Crippen LogP contribution in [0.3, 0.4) is 0 Å². The number of amides is 1. The lowest BCUT2D eigenvalue weighted by Crippen LogP contribution is -2.27. The molecule has 60 valence electrons. The summed E-state index contributed by atoms with van der Waals surface area (Å²) in [6.07, 6.45) is 2.27. The number of allylic oxidation sites excluding steroid dienone is 1. The highest BCUT2D eigenvalue weighted by molar-refractivity contribution is 5.87. The molecule has 0 aromatic rings. The highest BCUT2D eigenvalue weighted by Gasteiger charge is 2.04. The number of hydrogen-bond donors (Lipinski definition) is 0.